The van der Waals surface area contributed by atoms with Crippen molar-refractivity contribution in [2.45, 2.75) is 44.6 Å². The molecule has 4 N–H and O–H groups in total. The second-order valence-electron chi connectivity index (χ2n) is 8.82. The number of hydrogen-bond donors (Lipinski definition) is 4. The number of alkyl halides is 3. The lowest BCUT2D eigenvalue weighted by Gasteiger charge is -2.33. The summed E-state index contributed by atoms with van der Waals surface area (Å²) in [7, 11) is 0. The van der Waals surface area contributed by atoms with E-state index in [1.807, 2.05) is 24.3 Å². The SMILES string of the molecule is C=C(NC1=NC(c2ccccc2C(F)(F)F)NC(C2CNCCN2)=C1)c1ccccc1CCCC. The molecule has 4 rings (SSSR count). The number of hydrogen-bond acceptors (Lipinski definition) is 5. The first kappa shape index (κ1) is 25.0. The molecule has 0 bridgehead atoms. The average molecular weight is 484 g/mol. The minimum absolute atomic E-state index is 0.0679. The molecule has 186 valence electrons. The lowest BCUT2D eigenvalue weighted by molar-refractivity contribution is -0.138. The van der Waals surface area contributed by atoms with Crippen LogP contribution in [0.1, 0.15) is 48.2 Å². The van der Waals surface area contributed by atoms with Gasteiger partial charge in [0, 0.05) is 48.2 Å². The van der Waals surface area contributed by atoms with Crippen LogP contribution in [-0.4, -0.2) is 31.5 Å². The van der Waals surface area contributed by atoms with E-state index in [-0.39, 0.29) is 11.6 Å². The molecule has 35 heavy (non-hydrogen) atoms. The van der Waals surface area contributed by atoms with Crippen LogP contribution in [0.4, 0.5) is 13.2 Å². The zero-order chi connectivity index (χ0) is 24.8. The van der Waals surface area contributed by atoms with Gasteiger partial charge in [-0.15, -0.1) is 0 Å². The summed E-state index contributed by atoms with van der Waals surface area (Å²) in [6, 6.07) is 13.6. The molecular weight excluding hydrogens is 451 g/mol. The van der Waals surface area contributed by atoms with Gasteiger partial charge >= 0.3 is 6.18 Å². The number of aryl methyl sites for hydroxylation is 1. The summed E-state index contributed by atoms with van der Waals surface area (Å²) in [4.78, 5) is 4.64. The van der Waals surface area contributed by atoms with Gasteiger partial charge in [-0.2, -0.15) is 13.2 Å². The van der Waals surface area contributed by atoms with E-state index in [0.29, 0.717) is 18.1 Å². The van der Waals surface area contributed by atoms with Crippen molar-refractivity contribution in [3.8, 4) is 0 Å². The Morgan fingerprint density at radius 1 is 1.11 bits per heavy atom. The number of nitrogens with zero attached hydrogens (tertiary/aromatic N) is 1. The summed E-state index contributed by atoms with van der Waals surface area (Å²) in [5.41, 5.74) is 3.02. The van der Waals surface area contributed by atoms with E-state index >= 15 is 0 Å². The first-order chi connectivity index (χ1) is 16.9. The number of aliphatic imine (C=N–C) groups is 1. The molecule has 0 saturated carbocycles. The van der Waals surface area contributed by atoms with Gasteiger partial charge in [-0.25, -0.2) is 4.99 Å². The van der Waals surface area contributed by atoms with Crippen molar-refractivity contribution in [3.05, 3.63) is 89.1 Å². The largest absolute Gasteiger partial charge is 0.416 e. The fourth-order valence-corrected chi connectivity index (χ4v) is 4.46. The third-order valence-electron chi connectivity index (χ3n) is 6.26. The predicted octanol–water partition coefficient (Wildman–Crippen LogP) is 4.75. The van der Waals surface area contributed by atoms with Crippen LogP contribution < -0.4 is 21.3 Å². The number of benzene rings is 2. The summed E-state index contributed by atoms with van der Waals surface area (Å²) >= 11 is 0. The second-order valence-corrected chi connectivity index (χ2v) is 8.82. The first-order valence-electron chi connectivity index (χ1n) is 12.1. The standard InChI is InChI=1S/C27H32F3N5/c1-3-4-9-19-10-5-6-11-20(19)18(2)33-25-16-23(24-17-31-14-15-32-24)34-26(35-25)21-12-7-8-13-22(21)27(28,29)30/h5-8,10-13,16,24,26,31-32,34H,2-4,9,14-15,17H2,1H3,(H,33,35). The van der Waals surface area contributed by atoms with Crippen molar-refractivity contribution < 1.29 is 13.2 Å². The van der Waals surface area contributed by atoms with Crippen molar-refractivity contribution >= 4 is 11.5 Å². The van der Waals surface area contributed by atoms with Crippen LogP contribution in [0.2, 0.25) is 0 Å². The number of piperazine rings is 1. The third kappa shape index (κ3) is 6.13. The van der Waals surface area contributed by atoms with Gasteiger partial charge < -0.3 is 21.3 Å². The molecule has 2 atom stereocenters. The van der Waals surface area contributed by atoms with Crippen LogP contribution in [0, 0.1) is 0 Å². The number of nitrogens with one attached hydrogen (secondary N) is 4. The van der Waals surface area contributed by atoms with Crippen LogP contribution in [0.25, 0.3) is 5.70 Å². The predicted molar refractivity (Wildman–Crippen MR) is 135 cm³/mol. The molecule has 2 unspecified atom stereocenters. The number of halogens is 3. The van der Waals surface area contributed by atoms with Gasteiger partial charge in [-0.3, -0.25) is 0 Å². The molecule has 1 fully saturated rings. The minimum Gasteiger partial charge on any atom is -0.362 e. The van der Waals surface area contributed by atoms with E-state index in [4.69, 9.17) is 0 Å². The molecular formula is C27H32F3N5. The van der Waals surface area contributed by atoms with Crippen LogP contribution in [0.5, 0.6) is 0 Å². The maximum Gasteiger partial charge on any atom is 0.416 e. The van der Waals surface area contributed by atoms with Crippen molar-refractivity contribution in [2.24, 2.45) is 4.99 Å². The Morgan fingerprint density at radius 2 is 1.89 bits per heavy atom. The van der Waals surface area contributed by atoms with Gasteiger partial charge in [-0.05, 0) is 24.5 Å². The normalized spacial score (nSPS) is 20.5. The molecule has 2 heterocycles. The zero-order valence-electron chi connectivity index (χ0n) is 19.9. The zero-order valence-corrected chi connectivity index (χ0v) is 19.9. The summed E-state index contributed by atoms with van der Waals surface area (Å²) in [6.07, 6.45) is -0.423. The summed E-state index contributed by atoms with van der Waals surface area (Å²) in [5.74, 6) is 0.475. The Kier molecular flexibility index (Phi) is 7.93. The maximum absolute atomic E-state index is 13.8. The summed E-state index contributed by atoms with van der Waals surface area (Å²) in [6.45, 7) is 8.66. The highest BCUT2D eigenvalue weighted by molar-refractivity contribution is 6.00. The Morgan fingerprint density at radius 3 is 2.63 bits per heavy atom. The van der Waals surface area contributed by atoms with Crippen LogP contribution in [-0.2, 0) is 12.6 Å². The smallest absolute Gasteiger partial charge is 0.362 e. The third-order valence-corrected chi connectivity index (χ3v) is 6.26. The van der Waals surface area contributed by atoms with Crippen LogP contribution >= 0.6 is 0 Å². The number of rotatable bonds is 7. The molecule has 0 amide bonds. The van der Waals surface area contributed by atoms with Gasteiger partial charge in [-0.1, -0.05) is 62.4 Å². The fourth-order valence-electron chi connectivity index (χ4n) is 4.46. The first-order valence-corrected chi connectivity index (χ1v) is 12.1. The monoisotopic (exact) mass is 483 g/mol. The lowest BCUT2D eigenvalue weighted by Crippen LogP contribution is -2.52. The van der Waals surface area contributed by atoms with Crippen molar-refractivity contribution in [2.75, 3.05) is 19.6 Å². The van der Waals surface area contributed by atoms with Crippen molar-refractivity contribution in [3.63, 3.8) is 0 Å². The molecule has 2 aromatic carbocycles. The molecule has 1 saturated heterocycles. The Balaban J connectivity index is 1.67. The second kappa shape index (κ2) is 11.1. The molecule has 0 radical (unpaired) electrons. The highest BCUT2D eigenvalue weighted by Gasteiger charge is 2.36. The van der Waals surface area contributed by atoms with Gasteiger partial charge in [0.15, 0.2) is 0 Å². The molecule has 0 spiro atoms. The van der Waals surface area contributed by atoms with Crippen LogP contribution in [0.15, 0.2) is 71.9 Å². The van der Waals surface area contributed by atoms with E-state index in [0.717, 1.165) is 49.7 Å². The van der Waals surface area contributed by atoms with Gasteiger partial charge in [0.2, 0.25) is 0 Å². The highest BCUT2D eigenvalue weighted by Crippen LogP contribution is 2.36. The number of unbranched alkanes of at least 4 members (excludes halogenated alkanes) is 1. The van der Waals surface area contributed by atoms with Crippen molar-refractivity contribution in [1.29, 1.82) is 0 Å². The van der Waals surface area contributed by atoms with Crippen LogP contribution in [0.3, 0.4) is 0 Å². The van der Waals surface area contributed by atoms with E-state index in [1.165, 1.54) is 17.7 Å². The molecule has 2 aromatic rings. The van der Waals surface area contributed by atoms with E-state index < -0.39 is 17.9 Å². The van der Waals surface area contributed by atoms with Gasteiger partial charge in [0.1, 0.15) is 12.0 Å². The molecule has 0 aromatic heterocycles. The lowest BCUT2D eigenvalue weighted by atomic mass is 9.99. The maximum atomic E-state index is 13.8. The molecule has 2 aliphatic heterocycles. The highest BCUT2D eigenvalue weighted by atomic mass is 19.4. The van der Waals surface area contributed by atoms with Crippen molar-refractivity contribution in [1.82, 2.24) is 21.3 Å². The molecule has 5 nitrogen and oxygen atoms in total. The quantitative estimate of drug-likeness (QED) is 0.459. The van der Waals surface area contributed by atoms with E-state index in [1.54, 1.807) is 6.07 Å². The molecule has 2 aliphatic rings. The minimum atomic E-state index is -4.48. The summed E-state index contributed by atoms with van der Waals surface area (Å²) < 4.78 is 41.4. The average Bonchev–Trinajstić information content (AvgIpc) is 2.87. The van der Waals surface area contributed by atoms with Gasteiger partial charge in [0.05, 0.1) is 11.6 Å². The molecule has 0 aliphatic carbocycles. The molecule has 8 heteroatoms. The Bertz CT molecular complexity index is 1100. The number of amidine groups is 1. The van der Waals surface area contributed by atoms with Gasteiger partial charge in [0.25, 0.3) is 0 Å². The van der Waals surface area contributed by atoms with E-state index in [9.17, 15) is 13.2 Å². The van der Waals surface area contributed by atoms with E-state index in [2.05, 4.69) is 45.8 Å². The fraction of sp³-hybridized carbons (Fsp3) is 0.370. The Hall–Kier alpha value is -3.10. The topological polar surface area (TPSA) is 60.5 Å². The Labute approximate surface area is 204 Å². The summed E-state index contributed by atoms with van der Waals surface area (Å²) in [5, 5.41) is 13.3.